The van der Waals surface area contributed by atoms with Crippen molar-refractivity contribution < 1.29 is 9.53 Å². The molecule has 1 aliphatic rings. The van der Waals surface area contributed by atoms with Crippen molar-refractivity contribution in [3.63, 3.8) is 0 Å². The normalized spacial score (nSPS) is 26.6. The Kier molecular flexibility index (Phi) is 1.48. The minimum absolute atomic E-state index is 0.0550. The number of ether oxygens (including phenoxy) is 1. The third-order valence-corrected chi connectivity index (χ3v) is 1.25. The first-order valence-corrected chi connectivity index (χ1v) is 2.70. The first-order chi connectivity index (χ1) is 4.24. The summed E-state index contributed by atoms with van der Waals surface area (Å²) in [6, 6.07) is -0.294. The molecule has 0 aromatic rings. The van der Waals surface area contributed by atoms with E-state index < -0.39 is 0 Å². The van der Waals surface area contributed by atoms with E-state index in [0.717, 1.165) is 0 Å². The lowest BCUT2D eigenvalue weighted by Gasteiger charge is -1.97. The number of hydrogen-bond donors (Lipinski definition) is 2. The summed E-state index contributed by atoms with van der Waals surface area (Å²) in [5.74, 6) is -0.290. The topological polar surface area (TPSA) is 62.2 Å². The molecule has 50 valence electrons. The number of esters is 1. The summed E-state index contributed by atoms with van der Waals surface area (Å²) in [5, 5.41) is 9.66. The van der Waals surface area contributed by atoms with Crippen LogP contribution in [-0.4, -0.2) is 25.0 Å². The lowest BCUT2D eigenvalue weighted by atomic mass is 10.2. The van der Waals surface area contributed by atoms with Crippen molar-refractivity contribution in [2.45, 2.75) is 12.5 Å². The Bertz CT molecular complexity index is 155. The van der Waals surface area contributed by atoms with E-state index in [1.165, 1.54) is 0 Å². The molecule has 0 bridgehead atoms. The summed E-state index contributed by atoms with van der Waals surface area (Å²) in [5.41, 5.74) is 0. The molecular weight excluding hydrogens is 120 g/mol. The second-order valence-corrected chi connectivity index (χ2v) is 1.89. The van der Waals surface area contributed by atoms with Crippen molar-refractivity contribution in [3.8, 4) is 0 Å². The van der Waals surface area contributed by atoms with Gasteiger partial charge in [-0.2, -0.15) is 0 Å². The van der Waals surface area contributed by atoms with Gasteiger partial charge in [0.25, 0.3) is 0 Å². The third-order valence-electron chi connectivity index (χ3n) is 1.25. The molecule has 0 radical (unpaired) electrons. The smallest absolute Gasteiger partial charge is 0.330 e. The monoisotopic (exact) mass is 128 g/mol. The highest BCUT2D eigenvalue weighted by Gasteiger charge is 2.28. The van der Waals surface area contributed by atoms with Crippen LogP contribution >= 0.6 is 0 Å². The molecule has 1 fully saturated rings. The van der Waals surface area contributed by atoms with Gasteiger partial charge in [-0.3, -0.25) is 5.41 Å². The largest absolute Gasteiger partial charge is 0.411 e. The summed E-state index contributed by atoms with van der Waals surface area (Å²) in [6.45, 7) is 0. The van der Waals surface area contributed by atoms with Gasteiger partial charge < -0.3 is 10.1 Å². The van der Waals surface area contributed by atoms with Crippen LogP contribution in [0.15, 0.2) is 0 Å². The maximum Gasteiger partial charge on any atom is 0.330 e. The van der Waals surface area contributed by atoms with Gasteiger partial charge in [0, 0.05) is 6.42 Å². The van der Waals surface area contributed by atoms with Crippen LogP contribution in [0.2, 0.25) is 0 Å². The highest BCUT2D eigenvalue weighted by atomic mass is 16.5. The summed E-state index contributed by atoms with van der Waals surface area (Å²) in [4.78, 5) is 10.6. The van der Waals surface area contributed by atoms with Gasteiger partial charge in [-0.15, -0.1) is 0 Å². The fourth-order valence-corrected chi connectivity index (χ4v) is 0.723. The molecule has 1 heterocycles. The van der Waals surface area contributed by atoms with Gasteiger partial charge in [0.2, 0.25) is 0 Å². The van der Waals surface area contributed by atoms with Gasteiger partial charge in [-0.25, -0.2) is 4.79 Å². The molecule has 4 heteroatoms. The fraction of sp³-hybridized carbons (Fsp3) is 0.600. The quantitative estimate of drug-likeness (QED) is 0.468. The maximum absolute atomic E-state index is 10.6. The van der Waals surface area contributed by atoms with Crippen LogP contribution in [0.25, 0.3) is 0 Å². The van der Waals surface area contributed by atoms with Crippen LogP contribution < -0.4 is 5.32 Å². The van der Waals surface area contributed by atoms with Crippen molar-refractivity contribution >= 4 is 11.9 Å². The summed E-state index contributed by atoms with van der Waals surface area (Å²) >= 11 is 0. The highest BCUT2D eigenvalue weighted by molar-refractivity contribution is 5.98. The summed E-state index contributed by atoms with van der Waals surface area (Å²) in [7, 11) is 1.67. The van der Waals surface area contributed by atoms with Crippen LogP contribution in [0.3, 0.4) is 0 Å². The number of nitrogens with one attached hydrogen (secondary N) is 2. The predicted molar refractivity (Wildman–Crippen MR) is 31.3 cm³/mol. The molecule has 0 spiro atoms. The number of hydrogen-bond acceptors (Lipinski definition) is 4. The first kappa shape index (κ1) is 6.22. The minimum Gasteiger partial charge on any atom is -0.411 e. The second-order valence-electron chi connectivity index (χ2n) is 1.89. The average molecular weight is 128 g/mol. The molecule has 1 rings (SSSR count). The van der Waals surface area contributed by atoms with E-state index in [1.807, 2.05) is 0 Å². The van der Waals surface area contributed by atoms with E-state index in [1.54, 1.807) is 7.05 Å². The Morgan fingerprint density at radius 2 is 2.56 bits per heavy atom. The number of carbonyl (C=O) groups excluding carboxylic acids is 1. The molecule has 0 aromatic heterocycles. The molecule has 0 saturated carbocycles. The van der Waals surface area contributed by atoms with E-state index in [4.69, 9.17) is 5.41 Å². The van der Waals surface area contributed by atoms with Gasteiger partial charge in [0.1, 0.15) is 6.04 Å². The first-order valence-electron chi connectivity index (χ1n) is 2.70. The molecular formula is C5H8N2O2. The predicted octanol–water partition coefficient (Wildman–Crippen LogP) is -0.501. The lowest BCUT2D eigenvalue weighted by Crippen LogP contribution is -2.29. The van der Waals surface area contributed by atoms with Gasteiger partial charge in [0.05, 0.1) is 0 Å². The number of rotatable bonds is 1. The molecule has 0 aliphatic carbocycles. The molecule has 9 heavy (non-hydrogen) atoms. The van der Waals surface area contributed by atoms with Gasteiger partial charge in [-0.05, 0) is 7.05 Å². The Hall–Kier alpha value is -0.900. The Labute approximate surface area is 52.7 Å². The van der Waals surface area contributed by atoms with Crippen LogP contribution in [0.4, 0.5) is 0 Å². The second kappa shape index (κ2) is 2.14. The van der Waals surface area contributed by atoms with Crippen molar-refractivity contribution in [1.29, 1.82) is 5.41 Å². The van der Waals surface area contributed by atoms with Crippen molar-refractivity contribution in [3.05, 3.63) is 0 Å². The Morgan fingerprint density at radius 1 is 1.89 bits per heavy atom. The lowest BCUT2D eigenvalue weighted by molar-refractivity contribution is -0.134. The van der Waals surface area contributed by atoms with Gasteiger partial charge >= 0.3 is 5.97 Å². The van der Waals surface area contributed by atoms with Gasteiger partial charge in [0.15, 0.2) is 5.90 Å². The van der Waals surface area contributed by atoms with Crippen LogP contribution in [0, 0.1) is 5.41 Å². The molecule has 1 unspecified atom stereocenters. The molecule has 1 aliphatic heterocycles. The van der Waals surface area contributed by atoms with Crippen LogP contribution in [-0.2, 0) is 9.53 Å². The third kappa shape index (κ3) is 1.08. The molecule has 1 atom stereocenters. The molecule has 2 N–H and O–H groups in total. The summed E-state index contributed by atoms with van der Waals surface area (Å²) < 4.78 is 4.45. The highest BCUT2D eigenvalue weighted by Crippen LogP contribution is 2.06. The van der Waals surface area contributed by atoms with E-state index >= 15 is 0 Å². The van der Waals surface area contributed by atoms with Crippen LogP contribution in [0.1, 0.15) is 6.42 Å². The SMILES string of the molecule is CNC1CC(=N)OC1=O. The minimum atomic E-state index is -0.345. The standard InChI is InChI=1S/C5H8N2O2/c1-7-3-2-4(6)9-5(3)8/h3,6-7H,2H2,1H3. The zero-order valence-electron chi connectivity index (χ0n) is 5.10. The molecule has 4 nitrogen and oxygen atoms in total. The van der Waals surface area contributed by atoms with Crippen molar-refractivity contribution in [2.75, 3.05) is 7.05 Å². The zero-order chi connectivity index (χ0) is 6.85. The molecule has 0 aromatic carbocycles. The van der Waals surface area contributed by atoms with Crippen LogP contribution in [0.5, 0.6) is 0 Å². The molecule has 1 saturated heterocycles. The van der Waals surface area contributed by atoms with E-state index in [9.17, 15) is 4.79 Å². The van der Waals surface area contributed by atoms with E-state index in [2.05, 4.69) is 10.1 Å². The number of cyclic esters (lactones) is 1. The Morgan fingerprint density at radius 3 is 2.78 bits per heavy atom. The van der Waals surface area contributed by atoms with E-state index in [-0.39, 0.29) is 17.9 Å². The van der Waals surface area contributed by atoms with Gasteiger partial charge in [-0.1, -0.05) is 0 Å². The number of likely N-dealkylation sites (N-methyl/N-ethyl adjacent to an activating group) is 1. The molecule has 0 amide bonds. The maximum atomic E-state index is 10.6. The van der Waals surface area contributed by atoms with Crippen molar-refractivity contribution in [1.82, 2.24) is 5.32 Å². The zero-order valence-corrected chi connectivity index (χ0v) is 5.10. The summed E-state index contributed by atoms with van der Waals surface area (Å²) in [6.07, 6.45) is 0.384. The average Bonchev–Trinajstić information content (AvgIpc) is 2.10. The van der Waals surface area contributed by atoms with Crippen molar-refractivity contribution in [2.24, 2.45) is 0 Å². The van der Waals surface area contributed by atoms with E-state index in [0.29, 0.717) is 6.42 Å². The number of carbonyl (C=O) groups is 1. The fourth-order valence-electron chi connectivity index (χ4n) is 0.723. The Balaban J connectivity index is 2.58.